The lowest BCUT2D eigenvalue weighted by Crippen LogP contribution is -2.37. The van der Waals surface area contributed by atoms with E-state index in [0.717, 1.165) is 6.42 Å². The molecule has 0 radical (unpaired) electrons. The molecule has 1 atom stereocenters. The lowest BCUT2D eigenvalue weighted by atomic mass is 9.85. The quantitative estimate of drug-likeness (QED) is 0.778. The van der Waals surface area contributed by atoms with Gasteiger partial charge in [0.2, 0.25) is 5.91 Å². The number of Topliss-reactive ketones (excluding diaryl/α,β-unsaturated/α-hetero) is 1. The molecule has 0 aromatic carbocycles. The predicted octanol–water partition coefficient (Wildman–Crippen LogP) is 2.15. The first kappa shape index (κ1) is 18.1. The van der Waals surface area contributed by atoms with Crippen molar-refractivity contribution in [1.82, 2.24) is 5.32 Å². The Kier molecular flexibility index (Phi) is 6.70. The molecule has 0 bridgehead atoms. The molecule has 4 nitrogen and oxygen atoms in total. The van der Waals surface area contributed by atoms with Crippen molar-refractivity contribution in [3.05, 3.63) is 0 Å². The summed E-state index contributed by atoms with van der Waals surface area (Å²) >= 11 is 0. The lowest BCUT2D eigenvalue weighted by molar-refractivity contribution is -0.134. The number of nitrogens with one attached hydrogen (secondary N) is 1. The molecule has 0 heterocycles. The maximum atomic E-state index is 11.9. The van der Waals surface area contributed by atoms with Gasteiger partial charge in [0.25, 0.3) is 0 Å². The molecule has 1 unspecified atom stereocenters. The van der Waals surface area contributed by atoms with Crippen molar-refractivity contribution in [3.63, 3.8) is 0 Å². The second-order valence-electron chi connectivity index (χ2n) is 7.36. The van der Waals surface area contributed by atoms with Crippen LogP contribution in [0.2, 0.25) is 0 Å². The Hall–Kier alpha value is -0.900. The zero-order valence-electron chi connectivity index (χ0n) is 13.2. The van der Waals surface area contributed by atoms with Gasteiger partial charge < -0.3 is 10.4 Å². The normalized spacial score (nSPS) is 14.1. The zero-order valence-corrected chi connectivity index (χ0v) is 13.2. The summed E-state index contributed by atoms with van der Waals surface area (Å²) in [5.41, 5.74) is -0.317. The number of aliphatic hydroxyl groups excluding tert-OH is 1. The SMILES string of the molecule is CC(C)(C)CCNC(=O)C(CO)CC(=O)C(C)(C)C. The van der Waals surface area contributed by atoms with Crippen molar-refractivity contribution < 1.29 is 14.7 Å². The van der Waals surface area contributed by atoms with Gasteiger partial charge in [-0.2, -0.15) is 0 Å². The van der Waals surface area contributed by atoms with Crippen LogP contribution < -0.4 is 5.32 Å². The molecule has 0 rings (SSSR count). The molecule has 0 saturated carbocycles. The Morgan fingerprint density at radius 3 is 2.00 bits per heavy atom. The molecule has 0 aromatic rings. The van der Waals surface area contributed by atoms with Crippen molar-refractivity contribution in [2.45, 2.75) is 54.4 Å². The molecule has 112 valence electrons. The van der Waals surface area contributed by atoms with Crippen LogP contribution in [0.25, 0.3) is 0 Å². The molecule has 2 N–H and O–H groups in total. The van der Waals surface area contributed by atoms with Gasteiger partial charge in [0.05, 0.1) is 12.5 Å². The highest BCUT2D eigenvalue weighted by Gasteiger charge is 2.28. The highest BCUT2D eigenvalue weighted by Crippen LogP contribution is 2.20. The van der Waals surface area contributed by atoms with E-state index in [4.69, 9.17) is 0 Å². The Balaban J connectivity index is 4.30. The van der Waals surface area contributed by atoms with E-state index in [1.165, 1.54) is 0 Å². The minimum Gasteiger partial charge on any atom is -0.396 e. The van der Waals surface area contributed by atoms with Crippen LogP contribution in [0.1, 0.15) is 54.4 Å². The summed E-state index contributed by atoms with van der Waals surface area (Å²) in [7, 11) is 0. The number of carbonyl (C=O) groups is 2. The van der Waals surface area contributed by atoms with Crippen LogP contribution in [0, 0.1) is 16.7 Å². The fraction of sp³-hybridized carbons (Fsp3) is 0.867. The highest BCUT2D eigenvalue weighted by molar-refractivity contribution is 5.89. The van der Waals surface area contributed by atoms with Crippen molar-refractivity contribution in [2.75, 3.05) is 13.2 Å². The molecular weight excluding hydrogens is 242 g/mol. The summed E-state index contributed by atoms with van der Waals surface area (Å²) in [6.45, 7) is 12.1. The van der Waals surface area contributed by atoms with Crippen LogP contribution in [-0.4, -0.2) is 29.9 Å². The molecule has 0 aliphatic carbocycles. The van der Waals surface area contributed by atoms with E-state index in [1.807, 2.05) is 20.8 Å². The Bertz CT molecular complexity index is 310. The van der Waals surface area contributed by atoms with Crippen molar-refractivity contribution in [3.8, 4) is 0 Å². The van der Waals surface area contributed by atoms with Crippen LogP contribution in [-0.2, 0) is 9.59 Å². The number of rotatable bonds is 6. The second kappa shape index (κ2) is 7.04. The summed E-state index contributed by atoms with van der Waals surface area (Å²) in [4.78, 5) is 23.8. The first-order valence-corrected chi connectivity index (χ1v) is 6.89. The summed E-state index contributed by atoms with van der Waals surface area (Å²) in [6, 6.07) is 0. The van der Waals surface area contributed by atoms with E-state index in [1.54, 1.807) is 0 Å². The average molecular weight is 271 g/mol. The molecule has 0 spiro atoms. The van der Waals surface area contributed by atoms with Crippen LogP contribution in [0.4, 0.5) is 0 Å². The Morgan fingerprint density at radius 1 is 1.11 bits per heavy atom. The van der Waals surface area contributed by atoms with Crippen molar-refractivity contribution >= 4 is 11.7 Å². The maximum absolute atomic E-state index is 11.9. The summed E-state index contributed by atoms with van der Waals surface area (Å²) in [5, 5.41) is 12.1. The van der Waals surface area contributed by atoms with Gasteiger partial charge >= 0.3 is 0 Å². The fourth-order valence-corrected chi connectivity index (χ4v) is 1.48. The molecule has 0 saturated heterocycles. The third-order valence-corrected chi connectivity index (χ3v) is 3.03. The topological polar surface area (TPSA) is 66.4 Å². The monoisotopic (exact) mass is 271 g/mol. The van der Waals surface area contributed by atoms with E-state index in [2.05, 4.69) is 26.1 Å². The van der Waals surface area contributed by atoms with Gasteiger partial charge in [0.1, 0.15) is 5.78 Å². The van der Waals surface area contributed by atoms with Crippen LogP contribution >= 0.6 is 0 Å². The number of ketones is 1. The summed E-state index contributed by atoms with van der Waals surface area (Å²) in [6.07, 6.45) is 0.964. The first-order chi connectivity index (χ1) is 8.47. The molecule has 1 amide bonds. The number of hydrogen-bond acceptors (Lipinski definition) is 3. The predicted molar refractivity (Wildman–Crippen MR) is 76.7 cm³/mol. The van der Waals surface area contributed by atoms with Gasteiger partial charge in [-0.15, -0.1) is 0 Å². The van der Waals surface area contributed by atoms with E-state index < -0.39 is 11.3 Å². The van der Waals surface area contributed by atoms with Gasteiger partial charge in [-0.1, -0.05) is 41.5 Å². The van der Waals surface area contributed by atoms with Crippen LogP contribution in [0.15, 0.2) is 0 Å². The zero-order chi connectivity index (χ0) is 15.3. The third-order valence-electron chi connectivity index (χ3n) is 3.03. The molecule has 4 heteroatoms. The van der Waals surface area contributed by atoms with Gasteiger partial charge in [0.15, 0.2) is 0 Å². The van der Waals surface area contributed by atoms with Gasteiger partial charge in [-0.3, -0.25) is 9.59 Å². The first-order valence-electron chi connectivity index (χ1n) is 6.89. The molecule has 0 aliphatic rings. The van der Waals surface area contributed by atoms with Crippen molar-refractivity contribution in [2.24, 2.45) is 16.7 Å². The molecular formula is C15H29NO3. The van der Waals surface area contributed by atoms with E-state index in [0.29, 0.717) is 6.54 Å². The number of carbonyl (C=O) groups excluding carboxylic acids is 2. The Morgan fingerprint density at radius 2 is 1.63 bits per heavy atom. The van der Waals surface area contributed by atoms with E-state index >= 15 is 0 Å². The van der Waals surface area contributed by atoms with E-state index in [9.17, 15) is 14.7 Å². The van der Waals surface area contributed by atoms with Crippen LogP contribution in [0.5, 0.6) is 0 Å². The number of hydrogen-bond donors (Lipinski definition) is 2. The molecule has 0 aromatic heterocycles. The Labute approximate surface area is 117 Å². The molecule has 19 heavy (non-hydrogen) atoms. The fourth-order valence-electron chi connectivity index (χ4n) is 1.48. The van der Waals surface area contributed by atoms with Gasteiger partial charge in [-0.25, -0.2) is 0 Å². The van der Waals surface area contributed by atoms with Crippen LogP contribution in [0.3, 0.4) is 0 Å². The third kappa shape index (κ3) is 7.98. The molecule has 0 aliphatic heterocycles. The minimum atomic E-state index is -0.633. The average Bonchev–Trinajstić information content (AvgIpc) is 2.21. The second-order valence-corrected chi connectivity index (χ2v) is 7.36. The lowest BCUT2D eigenvalue weighted by Gasteiger charge is -2.22. The highest BCUT2D eigenvalue weighted by atomic mass is 16.3. The maximum Gasteiger partial charge on any atom is 0.225 e. The largest absolute Gasteiger partial charge is 0.396 e. The van der Waals surface area contributed by atoms with Crippen molar-refractivity contribution in [1.29, 1.82) is 0 Å². The van der Waals surface area contributed by atoms with Gasteiger partial charge in [-0.05, 0) is 11.8 Å². The smallest absolute Gasteiger partial charge is 0.225 e. The number of amides is 1. The standard InChI is InChI=1S/C15H29NO3/c1-14(2,3)7-8-16-13(19)11(10-17)9-12(18)15(4,5)6/h11,17H,7-10H2,1-6H3,(H,16,19). The summed E-state index contributed by atoms with van der Waals surface area (Å²) in [5.74, 6) is -0.867. The minimum absolute atomic E-state index is 0.00230. The van der Waals surface area contributed by atoms with E-state index in [-0.39, 0.29) is 30.1 Å². The summed E-state index contributed by atoms with van der Waals surface area (Å²) < 4.78 is 0. The van der Waals surface area contributed by atoms with Gasteiger partial charge in [0, 0.05) is 18.4 Å². The molecule has 0 fully saturated rings. The number of aliphatic hydroxyl groups is 1.